The summed E-state index contributed by atoms with van der Waals surface area (Å²) in [4.78, 5) is 34.6. The van der Waals surface area contributed by atoms with Crippen molar-refractivity contribution in [3.63, 3.8) is 0 Å². The number of carbonyl (C=O) groups is 3. The topological polar surface area (TPSA) is 95.5 Å². The van der Waals surface area contributed by atoms with E-state index < -0.39 is 29.2 Å². The van der Waals surface area contributed by atoms with Crippen LogP contribution in [-0.2, 0) is 14.4 Å². The number of halogens is 1. The summed E-state index contributed by atoms with van der Waals surface area (Å²) in [5.41, 5.74) is -0.151. The van der Waals surface area contributed by atoms with E-state index in [-0.39, 0.29) is 18.9 Å². The maximum absolute atomic E-state index is 12.9. The fourth-order valence-electron chi connectivity index (χ4n) is 1.79. The standard InChI is InChI=1S/C16H21FN2O4/c1-16(2,3)15(23)18-9-13(20)19-12(8-14(21)22)10-4-6-11(17)7-5-10/h4-7,12H,8-9H2,1-3H3,(H,18,23)(H,19,20)(H,21,22). The molecule has 0 bridgehead atoms. The quantitative estimate of drug-likeness (QED) is 0.741. The number of hydrogen-bond acceptors (Lipinski definition) is 3. The van der Waals surface area contributed by atoms with Crippen LogP contribution in [0.1, 0.15) is 38.8 Å². The molecule has 126 valence electrons. The first kappa shape index (κ1) is 18.6. The Labute approximate surface area is 134 Å². The van der Waals surface area contributed by atoms with Gasteiger partial charge >= 0.3 is 5.97 Å². The van der Waals surface area contributed by atoms with Crippen molar-refractivity contribution in [2.45, 2.75) is 33.2 Å². The minimum atomic E-state index is -1.10. The first-order valence-electron chi connectivity index (χ1n) is 7.14. The number of aliphatic carboxylic acids is 1. The van der Waals surface area contributed by atoms with Crippen molar-refractivity contribution in [3.05, 3.63) is 35.6 Å². The van der Waals surface area contributed by atoms with Crippen molar-refractivity contribution < 1.29 is 23.9 Å². The molecule has 1 atom stereocenters. The zero-order valence-corrected chi connectivity index (χ0v) is 13.4. The van der Waals surface area contributed by atoms with Gasteiger partial charge in [0, 0.05) is 5.41 Å². The highest BCUT2D eigenvalue weighted by molar-refractivity contribution is 5.87. The van der Waals surface area contributed by atoms with Crippen LogP contribution >= 0.6 is 0 Å². The highest BCUT2D eigenvalue weighted by atomic mass is 19.1. The Balaban J connectivity index is 2.70. The van der Waals surface area contributed by atoms with Gasteiger partial charge in [-0.25, -0.2) is 4.39 Å². The summed E-state index contributed by atoms with van der Waals surface area (Å²) in [7, 11) is 0. The Hall–Kier alpha value is -2.44. The van der Waals surface area contributed by atoms with Crippen LogP contribution in [0.3, 0.4) is 0 Å². The molecule has 0 aromatic heterocycles. The van der Waals surface area contributed by atoms with Gasteiger partial charge < -0.3 is 15.7 Å². The van der Waals surface area contributed by atoms with E-state index in [9.17, 15) is 18.8 Å². The minimum Gasteiger partial charge on any atom is -0.481 e. The average molecular weight is 324 g/mol. The highest BCUT2D eigenvalue weighted by Crippen LogP contribution is 2.17. The Morgan fingerprint density at radius 3 is 2.22 bits per heavy atom. The summed E-state index contributed by atoms with van der Waals surface area (Å²) in [6.45, 7) is 4.89. The van der Waals surface area contributed by atoms with Gasteiger partial charge in [0.05, 0.1) is 19.0 Å². The second-order valence-electron chi connectivity index (χ2n) is 6.20. The average Bonchev–Trinajstić information content (AvgIpc) is 2.43. The number of benzene rings is 1. The number of carboxylic acids is 1. The van der Waals surface area contributed by atoms with Crippen LogP contribution in [-0.4, -0.2) is 29.4 Å². The molecule has 6 nitrogen and oxygen atoms in total. The molecule has 0 aliphatic rings. The van der Waals surface area contributed by atoms with Crippen LogP contribution in [0.5, 0.6) is 0 Å². The Bertz CT molecular complexity index is 579. The van der Waals surface area contributed by atoms with Gasteiger partial charge in [-0.15, -0.1) is 0 Å². The number of amides is 2. The van der Waals surface area contributed by atoms with Gasteiger partial charge in [-0.3, -0.25) is 14.4 Å². The van der Waals surface area contributed by atoms with Crippen LogP contribution in [0.4, 0.5) is 4.39 Å². The molecule has 0 spiro atoms. The lowest BCUT2D eigenvalue weighted by atomic mass is 9.96. The third-order valence-electron chi connectivity index (χ3n) is 3.08. The van der Waals surface area contributed by atoms with Crippen molar-refractivity contribution in [1.29, 1.82) is 0 Å². The van der Waals surface area contributed by atoms with Gasteiger partial charge in [0.1, 0.15) is 5.82 Å². The normalized spacial score (nSPS) is 12.3. The summed E-state index contributed by atoms with van der Waals surface area (Å²) in [6.07, 6.45) is -0.343. The molecule has 1 rings (SSSR count). The molecule has 1 aromatic carbocycles. The van der Waals surface area contributed by atoms with Crippen molar-refractivity contribution in [1.82, 2.24) is 10.6 Å². The molecule has 1 unspecified atom stereocenters. The van der Waals surface area contributed by atoms with Gasteiger partial charge in [0.25, 0.3) is 0 Å². The second-order valence-corrected chi connectivity index (χ2v) is 6.20. The lowest BCUT2D eigenvalue weighted by Crippen LogP contribution is -2.42. The van der Waals surface area contributed by atoms with Gasteiger partial charge in [-0.1, -0.05) is 32.9 Å². The van der Waals surface area contributed by atoms with Gasteiger partial charge in [0.15, 0.2) is 0 Å². The third-order valence-corrected chi connectivity index (χ3v) is 3.08. The number of rotatable bonds is 6. The molecule has 3 N–H and O–H groups in total. The van der Waals surface area contributed by atoms with Crippen molar-refractivity contribution in [3.8, 4) is 0 Å². The maximum Gasteiger partial charge on any atom is 0.305 e. The molecule has 0 fully saturated rings. The predicted octanol–water partition coefficient (Wildman–Crippen LogP) is 1.62. The Morgan fingerprint density at radius 2 is 1.74 bits per heavy atom. The Morgan fingerprint density at radius 1 is 1.17 bits per heavy atom. The van der Waals surface area contributed by atoms with Crippen molar-refractivity contribution in [2.24, 2.45) is 5.41 Å². The monoisotopic (exact) mass is 324 g/mol. The van der Waals surface area contributed by atoms with Crippen molar-refractivity contribution >= 4 is 17.8 Å². The summed E-state index contributed by atoms with van der Waals surface area (Å²) in [5, 5.41) is 14.0. The van der Waals surface area contributed by atoms with E-state index in [1.54, 1.807) is 20.8 Å². The van der Waals surface area contributed by atoms with E-state index in [1.807, 2.05) is 0 Å². The largest absolute Gasteiger partial charge is 0.481 e. The molecule has 0 saturated heterocycles. The SMILES string of the molecule is CC(C)(C)C(=O)NCC(=O)NC(CC(=O)O)c1ccc(F)cc1. The number of carboxylic acid groups (broad SMARTS) is 1. The molecular weight excluding hydrogens is 303 g/mol. The van der Waals surface area contributed by atoms with Gasteiger partial charge in [-0.05, 0) is 17.7 Å². The third kappa shape index (κ3) is 6.46. The first-order chi connectivity index (χ1) is 10.6. The van der Waals surface area contributed by atoms with E-state index in [4.69, 9.17) is 5.11 Å². The highest BCUT2D eigenvalue weighted by Gasteiger charge is 2.23. The molecule has 0 saturated carbocycles. The smallest absolute Gasteiger partial charge is 0.305 e. The molecule has 0 aliphatic carbocycles. The maximum atomic E-state index is 12.9. The van der Waals surface area contributed by atoms with Crippen molar-refractivity contribution in [2.75, 3.05) is 6.54 Å². The molecule has 1 aromatic rings. The zero-order chi connectivity index (χ0) is 17.6. The lowest BCUT2D eigenvalue weighted by Gasteiger charge is -2.20. The fourth-order valence-corrected chi connectivity index (χ4v) is 1.79. The molecule has 2 amide bonds. The molecule has 0 heterocycles. The van der Waals surface area contributed by atoms with Crippen LogP contribution in [0.15, 0.2) is 24.3 Å². The van der Waals surface area contributed by atoms with Gasteiger partial charge in [-0.2, -0.15) is 0 Å². The molecule has 23 heavy (non-hydrogen) atoms. The number of hydrogen-bond donors (Lipinski definition) is 3. The predicted molar refractivity (Wildman–Crippen MR) is 82.0 cm³/mol. The van der Waals surface area contributed by atoms with E-state index in [2.05, 4.69) is 10.6 Å². The number of nitrogens with one attached hydrogen (secondary N) is 2. The van der Waals surface area contributed by atoms with Crippen LogP contribution in [0.25, 0.3) is 0 Å². The molecule has 0 aliphatic heterocycles. The second kappa shape index (κ2) is 7.71. The lowest BCUT2D eigenvalue weighted by molar-refractivity contribution is -0.138. The van der Waals surface area contributed by atoms with Gasteiger partial charge in [0.2, 0.25) is 11.8 Å². The zero-order valence-electron chi connectivity index (χ0n) is 13.4. The number of carbonyl (C=O) groups excluding carboxylic acids is 2. The first-order valence-corrected chi connectivity index (χ1v) is 7.14. The molecule has 7 heteroatoms. The minimum absolute atomic E-state index is 0.257. The van der Waals surface area contributed by atoms with E-state index in [0.717, 1.165) is 0 Å². The van der Waals surface area contributed by atoms with Crippen LogP contribution in [0.2, 0.25) is 0 Å². The molecule has 0 radical (unpaired) electrons. The summed E-state index contributed by atoms with van der Waals surface area (Å²) < 4.78 is 12.9. The van der Waals surface area contributed by atoms with E-state index >= 15 is 0 Å². The summed E-state index contributed by atoms with van der Waals surface area (Å²) >= 11 is 0. The summed E-state index contributed by atoms with van der Waals surface area (Å²) in [6, 6.07) is 4.41. The fraction of sp³-hybridized carbons (Fsp3) is 0.438. The van der Waals surface area contributed by atoms with Crippen LogP contribution in [0, 0.1) is 11.2 Å². The summed E-state index contributed by atoms with van der Waals surface area (Å²) in [5.74, 6) is -2.35. The Kier molecular flexibility index (Phi) is 6.24. The van der Waals surface area contributed by atoms with Crippen LogP contribution < -0.4 is 10.6 Å². The van der Waals surface area contributed by atoms with E-state index in [0.29, 0.717) is 5.56 Å². The molecular formula is C16H21FN2O4. The van der Waals surface area contributed by atoms with E-state index in [1.165, 1.54) is 24.3 Å².